The monoisotopic (exact) mass is 256 g/mol. The molecule has 0 aliphatic carbocycles. The molecule has 1 rings (SSSR count). The van der Waals surface area contributed by atoms with Crippen molar-refractivity contribution in [2.75, 3.05) is 59.9 Å². The van der Waals surface area contributed by atoms with E-state index in [0.717, 1.165) is 0 Å². The highest BCUT2D eigenvalue weighted by Crippen LogP contribution is 2.07. The van der Waals surface area contributed by atoms with Gasteiger partial charge in [-0.2, -0.15) is 0 Å². The fourth-order valence-electron chi connectivity index (χ4n) is 2.50. The smallest absolute Gasteiger partial charge is 0.0109 e. The van der Waals surface area contributed by atoms with Crippen molar-refractivity contribution in [3.05, 3.63) is 0 Å². The summed E-state index contributed by atoms with van der Waals surface area (Å²) in [6.07, 6.45) is 3.62. The van der Waals surface area contributed by atoms with Crippen molar-refractivity contribution in [2.24, 2.45) is 5.73 Å². The van der Waals surface area contributed by atoms with E-state index < -0.39 is 0 Å². The summed E-state index contributed by atoms with van der Waals surface area (Å²) in [7, 11) is 4.29. The number of piperidine rings is 1. The fraction of sp³-hybridized carbons (Fsp3) is 1.00. The molecule has 0 unspecified atom stereocenters. The average Bonchev–Trinajstić information content (AvgIpc) is 2.35. The van der Waals surface area contributed by atoms with Gasteiger partial charge in [0.05, 0.1) is 0 Å². The highest BCUT2D eigenvalue weighted by Gasteiger charge is 2.16. The highest BCUT2D eigenvalue weighted by atomic mass is 15.2. The van der Waals surface area contributed by atoms with E-state index >= 15 is 0 Å². The average molecular weight is 256 g/mol. The molecular weight excluding hydrogens is 224 g/mol. The third-order valence-corrected chi connectivity index (χ3v) is 3.89. The summed E-state index contributed by atoms with van der Waals surface area (Å²) in [5.41, 5.74) is 5.93. The Morgan fingerprint density at radius 1 is 1.11 bits per heavy atom. The molecule has 1 aliphatic heterocycles. The third-order valence-electron chi connectivity index (χ3n) is 3.89. The van der Waals surface area contributed by atoms with Crippen LogP contribution in [0.15, 0.2) is 0 Å². The van der Waals surface area contributed by atoms with Crippen LogP contribution in [0.4, 0.5) is 0 Å². The Labute approximate surface area is 113 Å². The van der Waals surface area contributed by atoms with E-state index in [-0.39, 0.29) is 0 Å². The van der Waals surface area contributed by atoms with Gasteiger partial charge in [0, 0.05) is 19.1 Å². The molecule has 0 saturated carbocycles. The number of hydrogen-bond acceptors (Lipinski definition) is 4. The normalized spacial score (nSPS) is 19.0. The van der Waals surface area contributed by atoms with Crippen molar-refractivity contribution in [3.8, 4) is 0 Å². The second-order valence-corrected chi connectivity index (χ2v) is 5.77. The Bertz CT molecular complexity index is 200. The van der Waals surface area contributed by atoms with Gasteiger partial charge in [-0.15, -0.1) is 0 Å². The lowest BCUT2D eigenvalue weighted by atomic mass is 10.1. The highest BCUT2D eigenvalue weighted by molar-refractivity contribution is 4.74. The van der Waals surface area contributed by atoms with Gasteiger partial charge in [-0.25, -0.2) is 0 Å². The third kappa shape index (κ3) is 6.69. The van der Waals surface area contributed by atoms with Gasteiger partial charge in [0.2, 0.25) is 0 Å². The van der Waals surface area contributed by atoms with E-state index in [1.54, 1.807) is 0 Å². The fourth-order valence-corrected chi connectivity index (χ4v) is 2.50. The Morgan fingerprint density at radius 2 is 1.78 bits per heavy atom. The minimum Gasteiger partial charge on any atom is -0.328 e. The Morgan fingerprint density at radius 3 is 2.33 bits per heavy atom. The zero-order valence-electron chi connectivity index (χ0n) is 12.6. The maximum absolute atomic E-state index is 5.93. The summed E-state index contributed by atoms with van der Waals surface area (Å²) in [6.45, 7) is 10.6. The SMILES string of the molecule is CCN(CCCN(C)C)CCN1CCC(N)CC1. The van der Waals surface area contributed by atoms with E-state index in [1.165, 1.54) is 65.1 Å². The van der Waals surface area contributed by atoms with Gasteiger partial charge < -0.3 is 20.4 Å². The molecule has 1 fully saturated rings. The lowest BCUT2D eigenvalue weighted by Gasteiger charge is -2.32. The minimum atomic E-state index is 0.448. The standard InChI is InChI=1S/C14H32N4/c1-4-17(9-5-8-16(2)3)12-13-18-10-6-14(15)7-11-18/h14H,4-13,15H2,1-3H3. The van der Waals surface area contributed by atoms with Crippen LogP contribution < -0.4 is 5.73 Å². The largest absolute Gasteiger partial charge is 0.328 e. The summed E-state index contributed by atoms with van der Waals surface area (Å²) < 4.78 is 0. The van der Waals surface area contributed by atoms with E-state index in [1.807, 2.05) is 0 Å². The molecular formula is C14H32N4. The molecule has 0 radical (unpaired) electrons. The molecule has 1 heterocycles. The second kappa shape index (κ2) is 8.86. The molecule has 1 aliphatic rings. The number of nitrogens with zero attached hydrogens (tertiary/aromatic N) is 3. The predicted octanol–water partition coefficient (Wildman–Crippen LogP) is 0.683. The summed E-state index contributed by atoms with van der Waals surface area (Å²) >= 11 is 0. The quantitative estimate of drug-likeness (QED) is 0.693. The first-order valence-corrected chi connectivity index (χ1v) is 7.46. The summed E-state index contributed by atoms with van der Waals surface area (Å²) in [6, 6.07) is 0.448. The molecule has 0 bridgehead atoms. The van der Waals surface area contributed by atoms with Crippen LogP contribution in [-0.2, 0) is 0 Å². The van der Waals surface area contributed by atoms with Crippen molar-refractivity contribution in [2.45, 2.75) is 32.2 Å². The molecule has 0 aromatic heterocycles. The van der Waals surface area contributed by atoms with E-state index in [0.29, 0.717) is 6.04 Å². The van der Waals surface area contributed by atoms with Gasteiger partial charge in [0.1, 0.15) is 0 Å². The molecule has 0 spiro atoms. The number of nitrogens with two attached hydrogens (primary N) is 1. The maximum Gasteiger partial charge on any atom is 0.0109 e. The lowest BCUT2D eigenvalue weighted by Crippen LogP contribution is -2.43. The number of likely N-dealkylation sites (tertiary alicyclic amines) is 1. The van der Waals surface area contributed by atoms with Gasteiger partial charge in [-0.05, 0) is 66.1 Å². The van der Waals surface area contributed by atoms with Crippen molar-refractivity contribution in [1.29, 1.82) is 0 Å². The summed E-state index contributed by atoms with van der Waals surface area (Å²) in [4.78, 5) is 7.40. The second-order valence-electron chi connectivity index (χ2n) is 5.77. The zero-order valence-corrected chi connectivity index (χ0v) is 12.6. The maximum atomic E-state index is 5.93. The lowest BCUT2D eigenvalue weighted by molar-refractivity contribution is 0.173. The number of hydrogen-bond donors (Lipinski definition) is 1. The molecule has 1 saturated heterocycles. The van der Waals surface area contributed by atoms with Crippen LogP contribution in [-0.4, -0.2) is 80.7 Å². The molecule has 0 aromatic rings. The van der Waals surface area contributed by atoms with Gasteiger partial charge in [0.25, 0.3) is 0 Å². The van der Waals surface area contributed by atoms with Crippen LogP contribution in [0.1, 0.15) is 26.2 Å². The molecule has 4 nitrogen and oxygen atoms in total. The van der Waals surface area contributed by atoms with Crippen LogP contribution in [0.2, 0.25) is 0 Å². The van der Waals surface area contributed by atoms with E-state index in [9.17, 15) is 0 Å². The van der Waals surface area contributed by atoms with Crippen molar-refractivity contribution >= 4 is 0 Å². The number of likely N-dealkylation sites (N-methyl/N-ethyl adjacent to an activating group) is 1. The van der Waals surface area contributed by atoms with Crippen molar-refractivity contribution < 1.29 is 0 Å². The number of rotatable bonds is 8. The van der Waals surface area contributed by atoms with Gasteiger partial charge in [-0.3, -0.25) is 0 Å². The minimum absolute atomic E-state index is 0.448. The summed E-state index contributed by atoms with van der Waals surface area (Å²) in [5, 5.41) is 0. The molecule has 0 aromatic carbocycles. The van der Waals surface area contributed by atoms with Crippen LogP contribution in [0.3, 0.4) is 0 Å². The van der Waals surface area contributed by atoms with Crippen molar-refractivity contribution in [1.82, 2.24) is 14.7 Å². The predicted molar refractivity (Wildman–Crippen MR) is 78.9 cm³/mol. The Hall–Kier alpha value is -0.160. The van der Waals surface area contributed by atoms with Gasteiger partial charge >= 0.3 is 0 Å². The van der Waals surface area contributed by atoms with Crippen LogP contribution in [0.5, 0.6) is 0 Å². The molecule has 0 atom stereocenters. The van der Waals surface area contributed by atoms with Gasteiger partial charge in [0.15, 0.2) is 0 Å². The Balaban J connectivity index is 2.11. The van der Waals surface area contributed by atoms with Crippen LogP contribution >= 0.6 is 0 Å². The van der Waals surface area contributed by atoms with E-state index in [4.69, 9.17) is 5.73 Å². The molecule has 18 heavy (non-hydrogen) atoms. The zero-order chi connectivity index (χ0) is 13.4. The first-order chi connectivity index (χ1) is 8.61. The topological polar surface area (TPSA) is 35.7 Å². The molecule has 4 heteroatoms. The first-order valence-electron chi connectivity index (χ1n) is 7.46. The van der Waals surface area contributed by atoms with Crippen LogP contribution in [0, 0.1) is 0 Å². The summed E-state index contributed by atoms with van der Waals surface area (Å²) in [5.74, 6) is 0. The molecule has 2 N–H and O–H groups in total. The van der Waals surface area contributed by atoms with E-state index in [2.05, 4.69) is 35.7 Å². The van der Waals surface area contributed by atoms with Crippen LogP contribution in [0.25, 0.3) is 0 Å². The van der Waals surface area contributed by atoms with Crippen molar-refractivity contribution in [3.63, 3.8) is 0 Å². The Kier molecular flexibility index (Phi) is 7.82. The molecule has 0 amide bonds. The van der Waals surface area contributed by atoms with Gasteiger partial charge in [-0.1, -0.05) is 6.92 Å². The molecule has 108 valence electrons. The first kappa shape index (κ1) is 15.9.